The van der Waals surface area contributed by atoms with Crippen LogP contribution in [0.25, 0.3) is 0 Å². The number of nitrogens with two attached hydrogens (primary N) is 1. The summed E-state index contributed by atoms with van der Waals surface area (Å²) in [5, 5.41) is 13.4. The fraction of sp³-hybridized carbons (Fsp3) is 0.176. The number of carbonyl (C=O) groups is 2. The van der Waals surface area contributed by atoms with Crippen LogP contribution in [0.1, 0.15) is 22.8 Å². The highest BCUT2D eigenvalue weighted by atomic mass is 16.6. The van der Waals surface area contributed by atoms with E-state index in [0.29, 0.717) is 5.69 Å². The zero-order chi connectivity index (χ0) is 18.4. The van der Waals surface area contributed by atoms with E-state index in [1.54, 1.807) is 12.1 Å². The maximum absolute atomic E-state index is 12.0. The largest absolute Gasteiger partial charge is 0.452 e. The number of amides is 1. The van der Waals surface area contributed by atoms with Gasteiger partial charge in [-0.2, -0.15) is 0 Å². The molecule has 8 heteroatoms. The van der Waals surface area contributed by atoms with Crippen LogP contribution >= 0.6 is 0 Å². The third-order valence-corrected chi connectivity index (χ3v) is 3.47. The van der Waals surface area contributed by atoms with Crippen molar-refractivity contribution in [3.8, 4) is 0 Å². The van der Waals surface area contributed by atoms with Crippen molar-refractivity contribution >= 4 is 28.9 Å². The normalized spacial score (nSPS) is 10.1. The molecule has 0 fully saturated rings. The average Bonchev–Trinajstić information content (AvgIpc) is 2.60. The lowest BCUT2D eigenvalue weighted by Gasteiger charge is -2.10. The van der Waals surface area contributed by atoms with Gasteiger partial charge in [0.2, 0.25) is 0 Å². The standard InChI is InChI=1S/C17H17N3O5/c1-2-11-5-3-4-6-15(11)19-16(21)10-25-17(22)13-9-12(20(23)24)7-8-14(13)18/h3-9H,2,10,18H2,1H3,(H,19,21). The van der Waals surface area contributed by atoms with E-state index in [4.69, 9.17) is 10.5 Å². The van der Waals surface area contributed by atoms with Crippen molar-refractivity contribution < 1.29 is 19.2 Å². The number of nitro benzene ring substituents is 1. The predicted molar refractivity (Wildman–Crippen MR) is 92.2 cm³/mol. The highest BCUT2D eigenvalue weighted by Crippen LogP contribution is 2.20. The summed E-state index contributed by atoms with van der Waals surface area (Å²) in [4.78, 5) is 34.1. The average molecular weight is 343 g/mol. The number of benzene rings is 2. The smallest absolute Gasteiger partial charge is 0.341 e. The molecule has 0 unspecified atom stereocenters. The molecule has 2 rings (SSSR count). The van der Waals surface area contributed by atoms with Gasteiger partial charge in [0, 0.05) is 23.5 Å². The fourth-order valence-electron chi connectivity index (χ4n) is 2.18. The maximum atomic E-state index is 12.0. The molecule has 0 radical (unpaired) electrons. The predicted octanol–water partition coefficient (Wildman–Crippen LogP) is 2.53. The number of non-ortho nitro benzene ring substituents is 1. The molecule has 0 heterocycles. The summed E-state index contributed by atoms with van der Waals surface area (Å²) in [6.07, 6.45) is 0.737. The molecule has 0 saturated heterocycles. The van der Waals surface area contributed by atoms with Crippen LogP contribution in [0.3, 0.4) is 0 Å². The third kappa shape index (κ3) is 4.54. The minimum Gasteiger partial charge on any atom is -0.452 e. The molecule has 0 spiro atoms. The Bertz CT molecular complexity index is 820. The number of para-hydroxylation sites is 1. The number of anilines is 2. The Labute approximate surface area is 143 Å². The highest BCUT2D eigenvalue weighted by Gasteiger charge is 2.18. The van der Waals surface area contributed by atoms with E-state index >= 15 is 0 Å². The molecule has 25 heavy (non-hydrogen) atoms. The van der Waals surface area contributed by atoms with Crippen molar-refractivity contribution in [2.45, 2.75) is 13.3 Å². The van der Waals surface area contributed by atoms with Crippen LogP contribution in [-0.2, 0) is 16.0 Å². The number of nitrogen functional groups attached to an aromatic ring is 1. The third-order valence-electron chi connectivity index (χ3n) is 3.47. The van der Waals surface area contributed by atoms with E-state index in [1.807, 2.05) is 19.1 Å². The molecular weight excluding hydrogens is 326 g/mol. The number of esters is 1. The van der Waals surface area contributed by atoms with E-state index < -0.39 is 23.4 Å². The number of nitro groups is 1. The molecule has 0 aliphatic rings. The van der Waals surface area contributed by atoms with Crippen LogP contribution in [0.15, 0.2) is 42.5 Å². The molecule has 0 aromatic heterocycles. The summed E-state index contributed by atoms with van der Waals surface area (Å²) in [5.74, 6) is -1.42. The number of nitrogens with zero attached hydrogens (tertiary/aromatic N) is 1. The molecule has 0 aliphatic carbocycles. The van der Waals surface area contributed by atoms with Crippen LogP contribution in [-0.4, -0.2) is 23.4 Å². The van der Waals surface area contributed by atoms with Gasteiger partial charge in [-0.1, -0.05) is 25.1 Å². The molecule has 2 aromatic rings. The van der Waals surface area contributed by atoms with Gasteiger partial charge < -0.3 is 15.8 Å². The second-order valence-corrected chi connectivity index (χ2v) is 5.16. The molecule has 0 saturated carbocycles. The van der Waals surface area contributed by atoms with E-state index in [1.165, 1.54) is 12.1 Å². The number of hydrogen-bond acceptors (Lipinski definition) is 6. The summed E-state index contributed by atoms with van der Waals surface area (Å²) in [7, 11) is 0. The first-order valence-corrected chi connectivity index (χ1v) is 7.51. The Hall–Kier alpha value is -3.42. The Morgan fingerprint density at radius 1 is 1.24 bits per heavy atom. The van der Waals surface area contributed by atoms with Gasteiger partial charge in [-0.25, -0.2) is 4.79 Å². The van der Waals surface area contributed by atoms with Gasteiger partial charge in [0.15, 0.2) is 6.61 Å². The SMILES string of the molecule is CCc1ccccc1NC(=O)COC(=O)c1cc([N+](=O)[O-])ccc1N. The Morgan fingerprint density at radius 3 is 2.64 bits per heavy atom. The summed E-state index contributed by atoms with van der Waals surface area (Å²) < 4.78 is 4.90. The first kappa shape index (κ1) is 17.9. The van der Waals surface area contributed by atoms with E-state index in [-0.39, 0.29) is 16.9 Å². The molecule has 3 N–H and O–H groups in total. The molecule has 130 valence electrons. The first-order chi connectivity index (χ1) is 11.9. The minimum absolute atomic E-state index is 0.0346. The van der Waals surface area contributed by atoms with Crippen molar-refractivity contribution in [1.82, 2.24) is 0 Å². The van der Waals surface area contributed by atoms with Crippen molar-refractivity contribution in [1.29, 1.82) is 0 Å². The summed E-state index contributed by atoms with van der Waals surface area (Å²) in [6.45, 7) is 1.43. The van der Waals surface area contributed by atoms with Gasteiger partial charge >= 0.3 is 5.97 Å². The molecule has 0 atom stereocenters. The Balaban J connectivity index is 2.01. The summed E-state index contributed by atoms with van der Waals surface area (Å²) in [5.41, 5.74) is 6.81. The zero-order valence-electron chi connectivity index (χ0n) is 13.5. The van der Waals surface area contributed by atoms with Gasteiger partial charge in [0.05, 0.1) is 10.5 Å². The van der Waals surface area contributed by atoms with Gasteiger partial charge in [0.25, 0.3) is 11.6 Å². The molecule has 0 bridgehead atoms. The summed E-state index contributed by atoms with van der Waals surface area (Å²) in [6, 6.07) is 10.7. The van der Waals surface area contributed by atoms with Crippen molar-refractivity contribution in [3.63, 3.8) is 0 Å². The molecule has 8 nitrogen and oxygen atoms in total. The number of ether oxygens (including phenoxy) is 1. The fourth-order valence-corrected chi connectivity index (χ4v) is 2.18. The van der Waals surface area contributed by atoms with Gasteiger partial charge in [0.1, 0.15) is 0 Å². The molecular formula is C17H17N3O5. The van der Waals surface area contributed by atoms with Crippen molar-refractivity contribution in [2.24, 2.45) is 0 Å². The number of carbonyl (C=O) groups excluding carboxylic acids is 2. The maximum Gasteiger partial charge on any atom is 0.341 e. The van der Waals surface area contributed by atoms with E-state index in [2.05, 4.69) is 5.32 Å². The van der Waals surface area contributed by atoms with Gasteiger partial charge in [-0.15, -0.1) is 0 Å². The second-order valence-electron chi connectivity index (χ2n) is 5.16. The lowest BCUT2D eigenvalue weighted by Crippen LogP contribution is -2.22. The number of hydrogen-bond donors (Lipinski definition) is 2. The van der Waals surface area contributed by atoms with Crippen molar-refractivity contribution in [3.05, 3.63) is 63.7 Å². The lowest BCUT2D eigenvalue weighted by molar-refractivity contribution is -0.384. The minimum atomic E-state index is -0.903. The van der Waals surface area contributed by atoms with E-state index in [9.17, 15) is 19.7 Å². The topological polar surface area (TPSA) is 125 Å². The quantitative estimate of drug-likeness (QED) is 0.359. The zero-order valence-corrected chi connectivity index (χ0v) is 13.5. The van der Waals surface area contributed by atoms with Gasteiger partial charge in [-0.3, -0.25) is 14.9 Å². The molecule has 1 amide bonds. The Kier molecular flexibility index (Phi) is 5.67. The molecule has 2 aromatic carbocycles. The van der Waals surface area contributed by atoms with Crippen LogP contribution in [0, 0.1) is 10.1 Å². The Morgan fingerprint density at radius 2 is 1.96 bits per heavy atom. The second kappa shape index (κ2) is 7.91. The van der Waals surface area contributed by atoms with E-state index in [0.717, 1.165) is 18.1 Å². The summed E-state index contributed by atoms with van der Waals surface area (Å²) >= 11 is 0. The monoisotopic (exact) mass is 343 g/mol. The van der Waals surface area contributed by atoms with Crippen molar-refractivity contribution in [2.75, 3.05) is 17.7 Å². The van der Waals surface area contributed by atoms with Crippen LogP contribution in [0.2, 0.25) is 0 Å². The first-order valence-electron chi connectivity index (χ1n) is 7.51. The van der Waals surface area contributed by atoms with Crippen LogP contribution < -0.4 is 11.1 Å². The number of aryl methyl sites for hydroxylation is 1. The molecule has 0 aliphatic heterocycles. The van der Waals surface area contributed by atoms with Gasteiger partial charge in [-0.05, 0) is 24.1 Å². The number of rotatable bonds is 6. The lowest BCUT2D eigenvalue weighted by atomic mass is 10.1. The van der Waals surface area contributed by atoms with Crippen LogP contribution in [0.5, 0.6) is 0 Å². The highest BCUT2D eigenvalue weighted by molar-refractivity contribution is 5.98. The van der Waals surface area contributed by atoms with Crippen LogP contribution in [0.4, 0.5) is 17.1 Å². The number of nitrogens with one attached hydrogen (secondary N) is 1.